The lowest BCUT2D eigenvalue weighted by Crippen LogP contribution is -2.16. The third-order valence-corrected chi connectivity index (χ3v) is 3.72. The summed E-state index contributed by atoms with van der Waals surface area (Å²) in [4.78, 5) is 0. The van der Waals surface area contributed by atoms with Crippen molar-refractivity contribution in [2.24, 2.45) is 5.73 Å². The van der Waals surface area contributed by atoms with Gasteiger partial charge in [-0.05, 0) is 50.5 Å². The van der Waals surface area contributed by atoms with Crippen LogP contribution in [-0.4, -0.2) is 17.3 Å². The van der Waals surface area contributed by atoms with Crippen molar-refractivity contribution < 1.29 is 4.74 Å². The Kier molecular flexibility index (Phi) is 4.04. The molecule has 0 spiro atoms. The number of nitrogens with two attached hydrogens (primary N) is 1. The highest BCUT2D eigenvalue weighted by atomic mass is 16.5. The first-order chi connectivity index (χ1) is 9.45. The lowest BCUT2D eigenvalue weighted by Gasteiger charge is -2.20. The first-order valence-corrected chi connectivity index (χ1v) is 6.66. The average molecular weight is 271 g/mol. The van der Waals surface area contributed by atoms with Gasteiger partial charge in [-0.1, -0.05) is 12.1 Å². The molecule has 1 aromatic heterocycles. The molecule has 1 heterocycles. The van der Waals surface area contributed by atoms with Gasteiger partial charge in [0.05, 0.1) is 24.5 Å². The van der Waals surface area contributed by atoms with E-state index in [0.29, 0.717) is 0 Å². The van der Waals surface area contributed by atoms with Crippen molar-refractivity contribution in [3.8, 4) is 5.75 Å². The molecule has 0 radical (unpaired) electrons. The number of benzene rings is 1. The second-order valence-corrected chi connectivity index (χ2v) is 5.13. The van der Waals surface area contributed by atoms with E-state index in [9.17, 15) is 0 Å². The van der Waals surface area contributed by atoms with Gasteiger partial charge in [0.2, 0.25) is 0 Å². The van der Waals surface area contributed by atoms with E-state index in [0.717, 1.165) is 33.8 Å². The average Bonchev–Trinajstić information content (AvgIpc) is 2.43. The molecule has 106 valence electrons. The SMILES string of the molecule is COc1c(C(N)c2cc(C)nnc2C)ccc(C)c1C. The lowest BCUT2D eigenvalue weighted by molar-refractivity contribution is 0.404. The van der Waals surface area contributed by atoms with E-state index in [1.165, 1.54) is 5.56 Å². The Morgan fingerprint density at radius 1 is 1.05 bits per heavy atom. The molecular weight excluding hydrogens is 250 g/mol. The van der Waals surface area contributed by atoms with E-state index in [2.05, 4.69) is 23.2 Å². The Morgan fingerprint density at radius 3 is 2.40 bits per heavy atom. The highest BCUT2D eigenvalue weighted by molar-refractivity contribution is 5.49. The quantitative estimate of drug-likeness (QED) is 0.932. The fourth-order valence-electron chi connectivity index (χ4n) is 2.38. The lowest BCUT2D eigenvalue weighted by atomic mass is 9.94. The Morgan fingerprint density at radius 2 is 1.75 bits per heavy atom. The topological polar surface area (TPSA) is 61.0 Å². The van der Waals surface area contributed by atoms with Gasteiger partial charge in [-0.3, -0.25) is 0 Å². The summed E-state index contributed by atoms with van der Waals surface area (Å²) in [6.45, 7) is 7.96. The molecular formula is C16H21N3O. The van der Waals surface area contributed by atoms with Crippen molar-refractivity contribution in [3.63, 3.8) is 0 Å². The van der Waals surface area contributed by atoms with Gasteiger partial charge in [-0.2, -0.15) is 10.2 Å². The first-order valence-electron chi connectivity index (χ1n) is 6.66. The van der Waals surface area contributed by atoms with Crippen molar-refractivity contribution in [3.05, 3.63) is 51.8 Å². The maximum absolute atomic E-state index is 6.43. The Labute approximate surface area is 120 Å². The summed E-state index contributed by atoms with van der Waals surface area (Å²) in [6.07, 6.45) is 0. The maximum Gasteiger partial charge on any atom is 0.127 e. The molecule has 20 heavy (non-hydrogen) atoms. The standard InChI is InChI=1S/C16H21N3O/c1-9-6-7-13(16(20-5)11(9)3)15(17)14-8-10(2)18-19-12(14)4/h6-8,15H,17H2,1-5H3. The van der Waals surface area contributed by atoms with Crippen LogP contribution in [0.25, 0.3) is 0 Å². The maximum atomic E-state index is 6.43. The van der Waals surface area contributed by atoms with Crippen LogP contribution in [-0.2, 0) is 0 Å². The number of aryl methyl sites for hydroxylation is 3. The van der Waals surface area contributed by atoms with Crippen molar-refractivity contribution in [2.75, 3.05) is 7.11 Å². The smallest absolute Gasteiger partial charge is 0.127 e. The van der Waals surface area contributed by atoms with E-state index in [1.54, 1.807) is 7.11 Å². The zero-order valence-corrected chi connectivity index (χ0v) is 12.7. The van der Waals surface area contributed by atoms with E-state index >= 15 is 0 Å². The van der Waals surface area contributed by atoms with Gasteiger partial charge in [0.1, 0.15) is 5.75 Å². The second-order valence-electron chi connectivity index (χ2n) is 5.13. The van der Waals surface area contributed by atoms with Crippen molar-refractivity contribution in [1.82, 2.24) is 10.2 Å². The predicted molar refractivity (Wildman–Crippen MR) is 80.0 cm³/mol. The van der Waals surface area contributed by atoms with Crippen LogP contribution in [0.5, 0.6) is 5.75 Å². The van der Waals surface area contributed by atoms with E-state index < -0.39 is 0 Å². The molecule has 1 unspecified atom stereocenters. The van der Waals surface area contributed by atoms with Crippen molar-refractivity contribution >= 4 is 0 Å². The molecule has 0 aliphatic heterocycles. The number of hydrogen-bond donors (Lipinski definition) is 1. The third kappa shape index (κ3) is 2.51. The van der Waals surface area contributed by atoms with Crippen LogP contribution >= 0.6 is 0 Å². The van der Waals surface area contributed by atoms with Crippen LogP contribution in [0.3, 0.4) is 0 Å². The largest absolute Gasteiger partial charge is 0.496 e. The fourth-order valence-corrected chi connectivity index (χ4v) is 2.38. The molecule has 2 N–H and O–H groups in total. The summed E-state index contributed by atoms with van der Waals surface area (Å²) in [5.41, 5.74) is 12.4. The minimum absolute atomic E-state index is 0.265. The highest BCUT2D eigenvalue weighted by Crippen LogP contribution is 2.33. The molecule has 0 saturated heterocycles. The number of ether oxygens (including phenoxy) is 1. The Hall–Kier alpha value is -1.94. The molecule has 0 fully saturated rings. The zero-order valence-electron chi connectivity index (χ0n) is 12.7. The first kappa shape index (κ1) is 14.5. The minimum atomic E-state index is -0.265. The van der Waals surface area contributed by atoms with Gasteiger partial charge in [0, 0.05) is 5.56 Å². The van der Waals surface area contributed by atoms with Crippen molar-refractivity contribution in [1.29, 1.82) is 0 Å². The number of hydrogen-bond acceptors (Lipinski definition) is 4. The van der Waals surface area contributed by atoms with E-state index in [1.807, 2.05) is 32.9 Å². The van der Waals surface area contributed by atoms with E-state index in [-0.39, 0.29) is 6.04 Å². The van der Waals surface area contributed by atoms with Crippen LogP contribution in [0.15, 0.2) is 18.2 Å². The summed E-state index contributed by atoms with van der Waals surface area (Å²) in [7, 11) is 1.68. The summed E-state index contributed by atoms with van der Waals surface area (Å²) < 4.78 is 5.55. The van der Waals surface area contributed by atoms with Gasteiger partial charge in [-0.15, -0.1) is 0 Å². The molecule has 2 rings (SSSR count). The second kappa shape index (κ2) is 5.59. The predicted octanol–water partition coefficient (Wildman–Crippen LogP) is 2.77. The molecule has 4 nitrogen and oxygen atoms in total. The van der Waals surface area contributed by atoms with Crippen LogP contribution < -0.4 is 10.5 Å². The summed E-state index contributed by atoms with van der Waals surface area (Å²) in [5, 5.41) is 8.20. The van der Waals surface area contributed by atoms with Crippen LogP contribution in [0, 0.1) is 27.7 Å². The number of rotatable bonds is 3. The monoisotopic (exact) mass is 271 g/mol. The summed E-state index contributed by atoms with van der Waals surface area (Å²) in [6, 6.07) is 5.82. The zero-order chi connectivity index (χ0) is 14.9. The van der Waals surface area contributed by atoms with Crippen LogP contribution in [0.2, 0.25) is 0 Å². The van der Waals surface area contributed by atoms with Gasteiger partial charge in [-0.25, -0.2) is 0 Å². The highest BCUT2D eigenvalue weighted by Gasteiger charge is 2.19. The summed E-state index contributed by atoms with van der Waals surface area (Å²) >= 11 is 0. The fraction of sp³-hybridized carbons (Fsp3) is 0.375. The molecule has 2 aromatic rings. The molecule has 0 aliphatic carbocycles. The molecule has 4 heteroatoms. The van der Waals surface area contributed by atoms with Gasteiger partial charge < -0.3 is 10.5 Å². The molecule has 1 aromatic carbocycles. The Balaban J connectivity index is 2.56. The molecule has 0 bridgehead atoms. The third-order valence-electron chi connectivity index (χ3n) is 3.72. The molecule has 0 saturated carbocycles. The molecule has 0 amide bonds. The van der Waals surface area contributed by atoms with Gasteiger partial charge >= 0.3 is 0 Å². The van der Waals surface area contributed by atoms with Crippen LogP contribution in [0.4, 0.5) is 0 Å². The molecule has 1 atom stereocenters. The number of methoxy groups -OCH3 is 1. The van der Waals surface area contributed by atoms with Crippen LogP contribution in [0.1, 0.15) is 39.7 Å². The summed E-state index contributed by atoms with van der Waals surface area (Å²) in [5.74, 6) is 0.853. The number of nitrogens with zero attached hydrogens (tertiary/aromatic N) is 2. The Bertz CT molecular complexity index is 638. The van der Waals surface area contributed by atoms with Crippen molar-refractivity contribution in [2.45, 2.75) is 33.7 Å². The van der Waals surface area contributed by atoms with Gasteiger partial charge in [0.25, 0.3) is 0 Å². The van der Waals surface area contributed by atoms with E-state index in [4.69, 9.17) is 10.5 Å². The molecule has 0 aliphatic rings. The minimum Gasteiger partial charge on any atom is -0.496 e. The number of aromatic nitrogens is 2. The van der Waals surface area contributed by atoms with Gasteiger partial charge in [0.15, 0.2) is 0 Å². The normalized spacial score (nSPS) is 12.3.